The van der Waals surface area contributed by atoms with Crippen LogP contribution < -0.4 is 26.0 Å². The Morgan fingerprint density at radius 3 is 2.31 bits per heavy atom. The first-order valence-electron chi connectivity index (χ1n) is 14.4. The number of para-hydroxylation sites is 1. The molecule has 0 radical (unpaired) electrons. The predicted molar refractivity (Wildman–Crippen MR) is 177 cm³/mol. The third-order valence-electron chi connectivity index (χ3n) is 7.02. The average Bonchev–Trinajstić information content (AvgIpc) is 3.07. The van der Waals surface area contributed by atoms with Crippen LogP contribution in [0.25, 0.3) is 11.1 Å². The summed E-state index contributed by atoms with van der Waals surface area (Å²) in [5.74, 6) is 0.145. The number of nitrogens with zero attached hydrogens (tertiary/aromatic N) is 1. The van der Waals surface area contributed by atoms with E-state index in [-0.39, 0.29) is 24.7 Å². The molecule has 0 saturated heterocycles. The molecule has 0 atom stereocenters. The van der Waals surface area contributed by atoms with E-state index < -0.39 is 11.8 Å². The van der Waals surface area contributed by atoms with Crippen molar-refractivity contribution >= 4 is 34.9 Å². The Bertz CT molecular complexity index is 1770. The number of ether oxygens (including phenoxy) is 1. The molecule has 0 aliphatic heterocycles. The van der Waals surface area contributed by atoms with Crippen LogP contribution in [0.3, 0.4) is 0 Å². The van der Waals surface area contributed by atoms with Crippen LogP contribution in [0.4, 0.5) is 20.6 Å². The molecule has 5 rings (SSSR count). The lowest BCUT2D eigenvalue weighted by Crippen LogP contribution is -2.36. The van der Waals surface area contributed by atoms with E-state index in [1.807, 2.05) is 60.7 Å². The molecule has 0 bridgehead atoms. The topological polar surface area (TPSA) is 96.7 Å². The van der Waals surface area contributed by atoms with Crippen molar-refractivity contribution in [2.75, 3.05) is 23.3 Å². The Morgan fingerprint density at radius 2 is 1.56 bits per heavy atom. The fraction of sp³-hybridized carbons (Fsp3) is 0.111. The van der Waals surface area contributed by atoms with Gasteiger partial charge in [0.2, 0.25) is 0 Å². The molecule has 4 N–H and O–H groups in total. The van der Waals surface area contributed by atoms with E-state index in [9.17, 15) is 14.0 Å². The van der Waals surface area contributed by atoms with Crippen molar-refractivity contribution in [3.05, 3.63) is 143 Å². The normalized spacial score (nSPS) is 10.6. The summed E-state index contributed by atoms with van der Waals surface area (Å²) in [6.45, 7) is 0.806. The minimum Gasteiger partial charge on any atom is -0.455 e. The second kappa shape index (κ2) is 15.0. The highest BCUT2D eigenvalue weighted by molar-refractivity contribution is 6.30. The van der Waals surface area contributed by atoms with Gasteiger partial charge in [0, 0.05) is 36.3 Å². The number of rotatable bonds is 11. The lowest BCUT2D eigenvalue weighted by atomic mass is 10.0. The smallest absolute Gasteiger partial charge is 0.319 e. The van der Waals surface area contributed by atoms with Crippen LogP contribution in [0.2, 0.25) is 5.02 Å². The van der Waals surface area contributed by atoms with Crippen LogP contribution >= 0.6 is 11.6 Å². The number of carbonyl (C=O) groups excluding carboxylic acids is 2. The number of benzene rings is 5. The lowest BCUT2D eigenvalue weighted by molar-refractivity contribution is 0.0986. The van der Waals surface area contributed by atoms with E-state index in [0.717, 1.165) is 16.7 Å². The summed E-state index contributed by atoms with van der Waals surface area (Å²) in [6.07, 6.45) is 0.392. The molecule has 0 aliphatic rings. The fourth-order valence-electron chi connectivity index (χ4n) is 4.75. The van der Waals surface area contributed by atoms with Crippen molar-refractivity contribution in [2.24, 2.45) is 5.73 Å². The standard InChI is InChI=1S/C36H32ClFN4O3/c37-29-18-19-33(34(23-29)45-30-11-6-8-25(22-30)24-39)42(21-7-20-40-36(44)41-32-13-5-4-12-31(32)38)35(43)28-16-14-27(15-17-28)26-9-2-1-3-10-26/h1-6,8-19,22-23H,7,20-21,24,39H2,(H2,40,41,44). The first-order chi connectivity index (χ1) is 21.9. The first-order valence-corrected chi connectivity index (χ1v) is 14.8. The maximum absolute atomic E-state index is 14.1. The number of amides is 3. The molecule has 0 fully saturated rings. The maximum Gasteiger partial charge on any atom is 0.319 e. The van der Waals surface area contributed by atoms with Crippen LogP contribution in [0.5, 0.6) is 11.5 Å². The molecule has 0 heterocycles. The number of nitrogens with two attached hydrogens (primary N) is 1. The summed E-state index contributed by atoms with van der Waals surface area (Å²) >= 11 is 6.37. The van der Waals surface area contributed by atoms with Gasteiger partial charge in [0.15, 0.2) is 5.75 Å². The summed E-state index contributed by atoms with van der Waals surface area (Å²) in [6, 6.07) is 35.1. The van der Waals surface area contributed by atoms with Gasteiger partial charge >= 0.3 is 6.03 Å². The van der Waals surface area contributed by atoms with Crippen molar-refractivity contribution in [1.82, 2.24) is 5.32 Å². The highest BCUT2D eigenvalue weighted by Gasteiger charge is 2.22. The zero-order valence-corrected chi connectivity index (χ0v) is 25.1. The van der Waals surface area contributed by atoms with Gasteiger partial charge in [0.1, 0.15) is 11.6 Å². The molecule has 0 saturated carbocycles. The largest absolute Gasteiger partial charge is 0.455 e. The molecule has 0 unspecified atom stereocenters. The van der Waals surface area contributed by atoms with Crippen LogP contribution in [0.1, 0.15) is 22.3 Å². The molecule has 0 spiro atoms. The maximum atomic E-state index is 14.1. The SMILES string of the molecule is NCc1cccc(Oc2cc(Cl)ccc2N(CCCNC(=O)Nc2ccccc2F)C(=O)c2ccc(-c3ccccc3)cc2)c1. The molecule has 7 nitrogen and oxygen atoms in total. The molecule has 45 heavy (non-hydrogen) atoms. The van der Waals surface area contributed by atoms with Gasteiger partial charge in [0.25, 0.3) is 5.91 Å². The van der Waals surface area contributed by atoms with Gasteiger partial charge in [-0.3, -0.25) is 4.79 Å². The first kappa shape index (κ1) is 31.3. The number of hydrogen-bond acceptors (Lipinski definition) is 4. The monoisotopic (exact) mass is 622 g/mol. The number of carbonyl (C=O) groups is 2. The predicted octanol–water partition coefficient (Wildman–Crippen LogP) is 8.26. The average molecular weight is 623 g/mol. The van der Waals surface area contributed by atoms with E-state index in [1.54, 1.807) is 53.4 Å². The number of anilines is 2. The third kappa shape index (κ3) is 8.26. The van der Waals surface area contributed by atoms with E-state index in [4.69, 9.17) is 22.1 Å². The highest BCUT2D eigenvalue weighted by Crippen LogP contribution is 2.36. The van der Waals surface area contributed by atoms with Gasteiger partial charge in [-0.2, -0.15) is 0 Å². The van der Waals surface area contributed by atoms with Gasteiger partial charge < -0.3 is 26.0 Å². The number of halogens is 2. The molecule has 0 aliphatic carbocycles. The van der Waals surface area contributed by atoms with Crippen molar-refractivity contribution in [1.29, 1.82) is 0 Å². The Morgan fingerprint density at radius 1 is 0.822 bits per heavy atom. The van der Waals surface area contributed by atoms with E-state index in [0.29, 0.717) is 40.7 Å². The zero-order valence-electron chi connectivity index (χ0n) is 24.4. The molecule has 9 heteroatoms. The van der Waals surface area contributed by atoms with Crippen molar-refractivity contribution in [3.8, 4) is 22.6 Å². The second-order valence-electron chi connectivity index (χ2n) is 10.2. The van der Waals surface area contributed by atoms with Crippen LogP contribution in [0, 0.1) is 5.82 Å². The molecule has 3 amide bonds. The fourth-order valence-corrected chi connectivity index (χ4v) is 4.91. The van der Waals surface area contributed by atoms with Gasteiger partial charge in [-0.05, 0) is 71.6 Å². The third-order valence-corrected chi connectivity index (χ3v) is 7.26. The Kier molecular flexibility index (Phi) is 10.4. The Balaban J connectivity index is 1.38. The molecular weight excluding hydrogens is 591 g/mol. The number of hydrogen-bond donors (Lipinski definition) is 3. The van der Waals surface area contributed by atoms with Crippen molar-refractivity contribution in [2.45, 2.75) is 13.0 Å². The van der Waals surface area contributed by atoms with Crippen molar-refractivity contribution < 1.29 is 18.7 Å². The van der Waals surface area contributed by atoms with E-state index >= 15 is 0 Å². The molecule has 0 aromatic heterocycles. The summed E-state index contributed by atoms with van der Waals surface area (Å²) in [7, 11) is 0. The molecule has 228 valence electrons. The second-order valence-corrected chi connectivity index (χ2v) is 10.6. The van der Waals surface area contributed by atoms with Gasteiger partial charge in [-0.1, -0.05) is 78.3 Å². The van der Waals surface area contributed by atoms with E-state index in [1.165, 1.54) is 12.1 Å². The van der Waals surface area contributed by atoms with E-state index in [2.05, 4.69) is 10.6 Å². The lowest BCUT2D eigenvalue weighted by Gasteiger charge is -2.26. The summed E-state index contributed by atoms with van der Waals surface area (Å²) in [4.78, 5) is 28.1. The summed E-state index contributed by atoms with van der Waals surface area (Å²) in [5.41, 5.74) is 9.80. The van der Waals surface area contributed by atoms with Gasteiger partial charge in [0.05, 0.1) is 11.4 Å². The minimum atomic E-state index is -0.551. The van der Waals surface area contributed by atoms with Gasteiger partial charge in [-0.25, -0.2) is 9.18 Å². The Labute approximate surface area is 266 Å². The van der Waals surface area contributed by atoms with Gasteiger partial charge in [-0.15, -0.1) is 0 Å². The molecular formula is C36H32ClFN4O3. The quantitative estimate of drug-likeness (QED) is 0.129. The van der Waals surface area contributed by atoms with Crippen LogP contribution in [0.15, 0.2) is 121 Å². The van der Waals surface area contributed by atoms with Crippen LogP contribution in [-0.4, -0.2) is 25.0 Å². The highest BCUT2D eigenvalue weighted by atomic mass is 35.5. The molecule has 5 aromatic rings. The van der Waals surface area contributed by atoms with Crippen LogP contribution in [-0.2, 0) is 6.54 Å². The number of nitrogens with one attached hydrogen (secondary N) is 2. The summed E-state index contributed by atoms with van der Waals surface area (Å²) in [5, 5.41) is 5.67. The summed E-state index contributed by atoms with van der Waals surface area (Å²) < 4.78 is 20.2. The molecule has 5 aromatic carbocycles. The minimum absolute atomic E-state index is 0.0763. The Hall–Kier alpha value is -5.18. The number of urea groups is 1. The van der Waals surface area contributed by atoms with Crippen molar-refractivity contribution in [3.63, 3.8) is 0 Å². The zero-order chi connectivity index (χ0) is 31.6.